The summed E-state index contributed by atoms with van der Waals surface area (Å²) in [5.74, 6) is 0.969. The number of nitrogens with zero attached hydrogens (tertiary/aromatic N) is 1. The number of benzene rings is 1. The van der Waals surface area contributed by atoms with Crippen LogP contribution in [0.3, 0.4) is 0 Å². The van der Waals surface area contributed by atoms with Gasteiger partial charge in [0.15, 0.2) is 0 Å². The molecule has 4 nitrogen and oxygen atoms in total. The molecule has 106 valence electrons. The lowest BCUT2D eigenvalue weighted by Gasteiger charge is -2.27. The third-order valence-electron chi connectivity index (χ3n) is 3.98. The Hall–Kier alpha value is -1.85. The van der Waals surface area contributed by atoms with Crippen molar-refractivity contribution in [2.45, 2.75) is 18.9 Å². The third kappa shape index (κ3) is 2.43. The van der Waals surface area contributed by atoms with Gasteiger partial charge in [0.05, 0.1) is 18.8 Å². The molecule has 0 radical (unpaired) electrons. The van der Waals surface area contributed by atoms with Crippen LogP contribution in [0, 0.1) is 0 Å². The number of ether oxygens (including phenoxy) is 1. The number of aromatic nitrogens is 1. The molecule has 1 fully saturated rings. The predicted molar refractivity (Wildman–Crippen MR) is 79.7 cm³/mol. The van der Waals surface area contributed by atoms with E-state index in [9.17, 15) is 0 Å². The summed E-state index contributed by atoms with van der Waals surface area (Å²) >= 11 is 0. The molecule has 1 aromatic carbocycles. The molecule has 0 amide bonds. The highest BCUT2D eigenvalue weighted by Gasteiger charge is 2.33. The molecule has 2 aromatic rings. The molecule has 0 saturated carbocycles. The molecule has 0 N–H and O–H groups in total. The van der Waals surface area contributed by atoms with Gasteiger partial charge in [-0.15, -0.1) is 0 Å². The van der Waals surface area contributed by atoms with Gasteiger partial charge in [-0.3, -0.25) is 4.98 Å². The van der Waals surface area contributed by atoms with E-state index in [0.29, 0.717) is 13.2 Å². The Bertz CT molecular complexity index is 643. The number of hydrogen-bond acceptors (Lipinski definition) is 4. The maximum atomic E-state index is 6.17. The van der Waals surface area contributed by atoms with Gasteiger partial charge in [-0.05, 0) is 30.5 Å². The number of para-hydroxylation sites is 1. The monoisotopic (exact) mass is 281 g/mol. The van der Waals surface area contributed by atoms with Crippen LogP contribution in [0.25, 0.3) is 0 Å². The van der Waals surface area contributed by atoms with Gasteiger partial charge in [0.2, 0.25) is 0 Å². The van der Waals surface area contributed by atoms with Crippen LogP contribution in [0.2, 0.25) is 0 Å². The smallest absolute Gasteiger partial charge is 0.485 e. The number of hydrogen-bond donors (Lipinski definition) is 0. The highest BCUT2D eigenvalue weighted by molar-refractivity contribution is 6.61. The highest BCUT2D eigenvalue weighted by Crippen LogP contribution is 2.34. The SMILES string of the molecule is c1ccc2c(c1)CCC(c1cccnc1B1OCCO1)O2. The van der Waals surface area contributed by atoms with Crippen LogP contribution in [0.15, 0.2) is 42.6 Å². The van der Waals surface area contributed by atoms with E-state index in [-0.39, 0.29) is 13.2 Å². The van der Waals surface area contributed by atoms with Crippen LogP contribution >= 0.6 is 0 Å². The number of fused-ring (bicyclic) bond motifs is 1. The van der Waals surface area contributed by atoms with Gasteiger partial charge in [-0.2, -0.15) is 0 Å². The number of aryl methyl sites for hydroxylation is 1. The van der Waals surface area contributed by atoms with E-state index in [1.807, 2.05) is 18.2 Å². The Morgan fingerprint density at radius 3 is 2.81 bits per heavy atom. The minimum Gasteiger partial charge on any atom is -0.485 e. The van der Waals surface area contributed by atoms with Gasteiger partial charge in [-0.25, -0.2) is 0 Å². The van der Waals surface area contributed by atoms with Crippen LogP contribution in [-0.4, -0.2) is 25.3 Å². The van der Waals surface area contributed by atoms with E-state index in [0.717, 1.165) is 29.7 Å². The summed E-state index contributed by atoms with van der Waals surface area (Å²) in [5.41, 5.74) is 3.19. The summed E-state index contributed by atoms with van der Waals surface area (Å²) in [7, 11) is -0.359. The quantitative estimate of drug-likeness (QED) is 0.788. The zero-order valence-corrected chi connectivity index (χ0v) is 11.7. The first-order valence-electron chi connectivity index (χ1n) is 7.34. The minimum atomic E-state index is -0.359. The van der Waals surface area contributed by atoms with Gasteiger partial charge in [0.1, 0.15) is 11.9 Å². The first-order valence-corrected chi connectivity index (χ1v) is 7.34. The second kappa shape index (κ2) is 5.50. The standard InChI is InChI=1S/C16H16BNO3/c1-2-6-14-12(4-1)7-8-15(21-14)13-5-3-9-18-16(13)17-19-10-11-20-17/h1-6,9,15H,7-8,10-11H2. The topological polar surface area (TPSA) is 40.6 Å². The Morgan fingerprint density at radius 2 is 1.90 bits per heavy atom. The van der Waals surface area contributed by atoms with E-state index in [2.05, 4.69) is 23.2 Å². The van der Waals surface area contributed by atoms with E-state index < -0.39 is 0 Å². The molecule has 4 rings (SSSR count). The second-order valence-corrected chi connectivity index (χ2v) is 5.30. The van der Waals surface area contributed by atoms with Gasteiger partial charge in [0.25, 0.3) is 0 Å². The normalized spacial score (nSPS) is 21.0. The van der Waals surface area contributed by atoms with Crippen molar-refractivity contribution in [3.8, 4) is 5.75 Å². The van der Waals surface area contributed by atoms with Crippen LogP contribution in [-0.2, 0) is 15.7 Å². The molecule has 0 spiro atoms. The molecule has 2 aliphatic heterocycles. The number of rotatable bonds is 2. The van der Waals surface area contributed by atoms with E-state index in [1.165, 1.54) is 5.56 Å². The van der Waals surface area contributed by atoms with Gasteiger partial charge >= 0.3 is 7.12 Å². The second-order valence-electron chi connectivity index (χ2n) is 5.30. The van der Waals surface area contributed by atoms with Crippen molar-refractivity contribution in [2.75, 3.05) is 13.2 Å². The zero-order valence-electron chi connectivity index (χ0n) is 11.7. The van der Waals surface area contributed by atoms with Crippen molar-refractivity contribution in [3.05, 3.63) is 53.7 Å². The van der Waals surface area contributed by atoms with Crippen molar-refractivity contribution < 1.29 is 14.0 Å². The fourth-order valence-electron chi connectivity index (χ4n) is 2.96. The lowest BCUT2D eigenvalue weighted by Crippen LogP contribution is -2.39. The molecular weight excluding hydrogens is 265 g/mol. The minimum absolute atomic E-state index is 0.0106. The summed E-state index contributed by atoms with van der Waals surface area (Å²) in [6.07, 6.45) is 3.75. The lowest BCUT2D eigenvalue weighted by molar-refractivity contribution is 0.177. The maximum Gasteiger partial charge on any atom is 0.514 e. The van der Waals surface area contributed by atoms with Crippen LogP contribution < -0.4 is 10.3 Å². The Labute approximate surface area is 124 Å². The largest absolute Gasteiger partial charge is 0.514 e. The predicted octanol–water partition coefficient (Wildman–Crippen LogP) is 1.89. The van der Waals surface area contributed by atoms with Crippen molar-refractivity contribution in [2.24, 2.45) is 0 Å². The van der Waals surface area contributed by atoms with Crippen molar-refractivity contribution in [1.82, 2.24) is 4.98 Å². The fourth-order valence-corrected chi connectivity index (χ4v) is 2.96. The average Bonchev–Trinajstić information content (AvgIpc) is 3.09. The van der Waals surface area contributed by atoms with Gasteiger partial charge < -0.3 is 14.0 Å². The third-order valence-corrected chi connectivity index (χ3v) is 3.98. The average molecular weight is 281 g/mol. The summed E-state index contributed by atoms with van der Waals surface area (Å²) in [6, 6.07) is 12.2. The molecule has 0 aliphatic carbocycles. The van der Waals surface area contributed by atoms with E-state index in [1.54, 1.807) is 6.20 Å². The molecule has 1 unspecified atom stereocenters. The Kier molecular flexibility index (Phi) is 3.37. The van der Waals surface area contributed by atoms with Crippen molar-refractivity contribution >= 4 is 12.7 Å². The van der Waals surface area contributed by atoms with Crippen LogP contribution in [0.5, 0.6) is 5.75 Å². The Balaban J connectivity index is 1.65. The summed E-state index contributed by atoms with van der Waals surface area (Å²) in [4.78, 5) is 4.46. The van der Waals surface area contributed by atoms with Crippen molar-refractivity contribution in [3.63, 3.8) is 0 Å². The van der Waals surface area contributed by atoms with Crippen molar-refractivity contribution in [1.29, 1.82) is 0 Å². The maximum absolute atomic E-state index is 6.17. The molecule has 1 saturated heterocycles. The molecule has 1 aromatic heterocycles. The van der Waals surface area contributed by atoms with Crippen LogP contribution in [0.1, 0.15) is 23.7 Å². The summed E-state index contributed by atoms with van der Waals surface area (Å²) in [5, 5.41) is 0. The Morgan fingerprint density at radius 1 is 1.05 bits per heavy atom. The molecule has 2 aliphatic rings. The van der Waals surface area contributed by atoms with E-state index in [4.69, 9.17) is 14.0 Å². The number of pyridine rings is 1. The van der Waals surface area contributed by atoms with E-state index >= 15 is 0 Å². The fraction of sp³-hybridized carbons (Fsp3) is 0.312. The molecule has 3 heterocycles. The summed E-state index contributed by atoms with van der Waals surface area (Å²) < 4.78 is 17.4. The van der Waals surface area contributed by atoms with Gasteiger partial charge in [0, 0.05) is 11.8 Å². The molecule has 1 atom stereocenters. The molecule has 21 heavy (non-hydrogen) atoms. The molecule has 5 heteroatoms. The lowest BCUT2D eigenvalue weighted by atomic mass is 9.79. The first kappa shape index (κ1) is 12.9. The summed E-state index contributed by atoms with van der Waals surface area (Å²) in [6.45, 7) is 1.24. The molecule has 0 bridgehead atoms. The van der Waals surface area contributed by atoms with Gasteiger partial charge in [-0.1, -0.05) is 24.3 Å². The zero-order chi connectivity index (χ0) is 14.1. The molecular formula is C16H16BNO3. The van der Waals surface area contributed by atoms with Crippen LogP contribution in [0.4, 0.5) is 0 Å². The first-order chi connectivity index (χ1) is 10.4. The highest BCUT2D eigenvalue weighted by atomic mass is 16.6.